The summed E-state index contributed by atoms with van der Waals surface area (Å²) in [5, 5.41) is 2.95. The summed E-state index contributed by atoms with van der Waals surface area (Å²) in [5.41, 5.74) is 3.20. The van der Waals surface area contributed by atoms with E-state index in [1.807, 2.05) is 55.5 Å². The molecule has 0 fully saturated rings. The van der Waals surface area contributed by atoms with E-state index in [9.17, 15) is 4.79 Å². The van der Waals surface area contributed by atoms with Gasteiger partial charge in [0.1, 0.15) is 12.4 Å². The number of amides is 1. The zero-order valence-electron chi connectivity index (χ0n) is 13.7. The largest absolute Gasteiger partial charge is 0.491 e. The van der Waals surface area contributed by atoms with Gasteiger partial charge < -0.3 is 14.8 Å². The Bertz CT molecular complexity index is 640. The van der Waals surface area contributed by atoms with Crippen LogP contribution in [-0.2, 0) is 22.5 Å². The lowest BCUT2D eigenvalue weighted by Gasteiger charge is -2.09. The van der Waals surface area contributed by atoms with E-state index >= 15 is 0 Å². The van der Waals surface area contributed by atoms with Crippen molar-refractivity contribution in [2.45, 2.75) is 19.9 Å². The van der Waals surface area contributed by atoms with Crippen molar-refractivity contribution in [2.24, 2.45) is 0 Å². The molecule has 4 heteroatoms. The first kappa shape index (κ1) is 17.0. The van der Waals surface area contributed by atoms with Crippen molar-refractivity contribution < 1.29 is 14.3 Å². The zero-order valence-corrected chi connectivity index (χ0v) is 13.7. The van der Waals surface area contributed by atoms with Crippen LogP contribution in [0.3, 0.4) is 0 Å². The van der Waals surface area contributed by atoms with Gasteiger partial charge in [-0.05, 0) is 35.7 Å². The summed E-state index contributed by atoms with van der Waals surface area (Å²) < 4.78 is 10.5. The highest BCUT2D eigenvalue weighted by Gasteiger charge is 2.05. The molecule has 0 aliphatic rings. The van der Waals surface area contributed by atoms with E-state index in [2.05, 4.69) is 5.32 Å². The number of aryl methyl sites for hydroxylation is 1. The fourth-order valence-electron chi connectivity index (χ4n) is 2.23. The van der Waals surface area contributed by atoms with Crippen LogP contribution in [0.1, 0.15) is 16.7 Å². The molecule has 0 saturated heterocycles. The molecule has 2 rings (SSSR count). The molecule has 2 aromatic carbocycles. The fourth-order valence-corrected chi connectivity index (χ4v) is 2.23. The molecule has 0 atom stereocenters. The average Bonchev–Trinajstić information content (AvgIpc) is 2.56. The van der Waals surface area contributed by atoms with Crippen LogP contribution in [0.5, 0.6) is 5.75 Å². The van der Waals surface area contributed by atoms with Crippen molar-refractivity contribution in [2.75, 3.05) is 20.3 Å². The summed E-state index contributed by atoms with van der Waals surface area (Å²) in [5.74, 6) is 0.803. The highest BCUT2D eigenvalue weighted by molar-refractivity contribution is 5.78. The van der Waals surface area contributed by atoms with E-state index in [1.165, 1.54) is 0 Å². The molecule has 2 aromatic rings. The second-order valence-corrected chi connectivity index (χ2v) is 5.37. The molecule has 4 nitrogen and oxygen atoms in total. The normalized spacial score (nSPS) is 10.3. The Morgan fingerprint density at radius 1 is 1.09 bits per heavy atom. The Morgan fingerprint density at radius 3 is 2.70 bits per heavy atom. The van der Waals surface area contributed by atoms with Gasteiger partial charge in [-0.1, -0.05) is 36.4 Å². The molecule has 23 heavy (non-hydrogen) atoms. The Balaban J connectivity index is 1.84. The number of hydrogen-bond acceptors (Lipinski definition) is 3. The van der Waals surface area contributed by atoms with E-state index in [1.54, 1.807) is 7.11 Å². The van der Waals surface area contributed by atoms with Gasteiger partial charge in [-0.25, -0.2) is 0 Å². The number of carbonyl (C=O) groups is 1. The number of methoxy groups -OCH3 is 1. The second-order valence-electron chi connectivity index (χ2n) is 5.37. The first-order valence-electron chi connectivity index (χ1n) is 7.71. The van der Waals surface area contributed by atoms with Gasteiger partial charge in [0.05, 0.1) is 13.0 Å². The van der Waals surface area contributed by atoms with Crippen molar-refractivity contribution in [3.63, 3.8) is 0 Å². The Labute approximate surface area is 137 Å². The van der Waals surface area contributed by atoms with Crippen molar-refractivity contribution in [1.29, 1.82) is 0 Å². The molecule has 1 N–H and O–H groups in total. The zero-order chi connectivity index (χ0) is 16.5. The molecule has 0 saturated carbocycles. The molecular weight excluding hydrogens is 290 g/mol. The fraction of sp³-hybridized carbons (Fsp3) is 0.316. The van der Waals surface area contributed by atoms with Gasteiger partial charge in [0.25, 0.3) is 0 Å². The van der Waals surface area contributed by atoms with E-state index in [0.717, 1.165) is 22.4 Å². The summed E-state index contributed by atoms with van der Waals surface area (Å²) >= 11 is 0. The van der Waals surface area contributed by atoms with E-state index in [4.69, 9.17) is 9.47 Å². The maximum Gasteiger partial charge on any atom is 0.224 e. The van der Waals surface area contributed by atoms with Gasteiger partial charge in [-0.15, -0.1) is 0 Å². The van der Waals surface area contributed by atoms with E-state index in [-0.39, 0.29) is 5.91 Å². The van der Waals surface area contributed by atoms with Gasteiger partial charge in [-0.3, -0.25) is 4.79 Å². The van der Waals surface area contributed by atoms with Crippen LogP contribution < -0.4 is 10.1 Å². The first-order chi connectivity index (χ1) is 11.2. The molecule has 0 unspecified atom stereocenters. The van der Waals surface area contributed by atoms with Gasteiger partial charge >= 0.3 is 0 Å². The quantitative estimate of drug-likeness (QED) is 0.762. The van der Waals surface area contributed by atoms with Crippen molar-refractivity contribution in [1.82, 2.24) is 5.32 Å². The van der Waals surface area contributed by atoms with Crippen LogP contribution in [0.25, 0.3) is 0 Å². The molecule has 0 aromatic heterocycles. The Morgan fingerprint density at radius 2 is 1.91 bits per heavy atom. The highest BCUT2D eigenvalue weighted by atomic mass is 16.5. The predicted molar refractivity (Wildman–Crippen MR) is 90.5 cm³/mol. The van der Waals surface area contributed by atoms with Crippen LogP contribution in [0.4, 0.5) is 0 Å². The molecule has 0 heterocycles. The molecule has 122 valence electrons. The molecule has 0 bridgehead atoms. The first-order valence-corrected chi connectivity index (χ1v) is 7.71. The lowest BCUT2D eigenvalue weighted by atomic mass is 10.1. The number of hydrogen-bond donors (Lipinski definition) is 1. The summed E-state index contributed by atoms with van der Waals surface area (Å²) in [4.78, 5) is 12.1. The summed E-state index contributed by atoms with van der Waals surface area (Å²) in [6.07, 6.45) is 0.400. The number of carbonyl (C=O) groups excluding carboxylic acids is 1. The summed E-state index contributed by atoms with van der Waals surface area (Å²) in [7, 11) is 1.64. The minimum absolute atomic E-state index is 0.0185. The summed E-state index contributed by atoms with van der Waals surface area (Å²) in [6.45, 7) is 3.58. The maximum absolute atomic E-state index is 12.1. The molecule has 0 spiro atoms. The lowest BCUT2D eigenvalue weighted by molar-refractivity contribution is -0.120. The SMILES string of the molecule is COCCOc1cccc(CNC(=O)Cc2ccccc2C)c1. The topological polar surface area (TPSA) is 47.6 Å². The van der Waals surface area contributed by atoms with Crippen LogP contribution in [0.15, 0.2) is 48.5 Å². The number of rotatable bonds is 8. The van der Waals surface area contributed by atoms with Gasteiger partial charge in [0.2, 0.25) is 5.91 Å². The minimum Gasteiger partial charge on any atom is -0.491 e. The van der Waals surface area contributed by atoms with E-state index in [0.29, 0.717) is 26.2 Å². The van der Waals surface area contributed by atoms with Gasteiger partial charge in [0.15, 0.2) is 0 Å². The van der Waals surface area contributed by atoms with Crippen LogP contribution >= 0.6 is 0 Å². The van der Waals surface area contributed by atoms with Crippen molar-refractivity contribution in [3.05, 3.63) is 65.2 Å². The van der Waals surface area contributed by atoms with Crippen molar-refractivity contribution >= 4 is 5.91 Å². The van der Waals surface area contributed by atoms with Crippen LogP contribution in [0.2, 0.25) is 0 Å². The number of benzene rings is 2. The van der Waals surface area contributed by atoms with Crippen LogP contribution in [-0.4, -0.2) is 26.2 Å². The smallest absolute Gasteiger partial charge is 0.224 e. The third-order valence-corrected chi connectivity index (χ3v) is 3.56. The van der Waals surface area contributed by atoms with Gasteiger partial charge in [0, 0.05) is 13.7 Å². The van der Waals surface area contributed by atoms with Crippen LogP contribution in [0, 0.1) is 6.92 Å². The predicted octanol–water partition coefficient (Wildman–Crippen LogP) is 2.88. The summed E-state index contributed by atoms with van der Waals surface area (Å²) in [6, 6.07) is 15.7. The monoisotopic (exact) mass is 313 g/mol. The molecule has 0 aliphatic carbocycles. The standard InChI is InChI=1S/C19H23NO3/c1-15-6-3-4-8-17(15)13-19(21)20-14-16-7-5-9-18(12-16)23-11-10-22-2/h3-9,12H,10-11,13-14H2,1-2H3,(H,20,21). The van der Waals surface area contributed by atoms with Crippen molar-refractivity contribution in [3.8, 4) is 5.75 Å². The van der Waals surface area contributed by atoms with Gasteiger partial charge in [-0.2, -0.15) is 0 Å². The number of nitrogens with one attached hydrogen (secondary N) is 1. The molecular formula is C19H23NO3. The second kappa shape index (κ2) is 8.96. The Kier molecular flexibility index (Phi) is 6.63. The third kappa shape index (κ3) is 5.75. The molecule has 0 radical (unpaired) electrons. The van der Waals surface area contributed by atoms with E-state index < -0.39 is 0 Å². The maximum atomic E-state index is 12.1. The highest BCUT2D eigenvalue weighted by Crippen LogP contribution is 2.13. The third-order valence-electron chi connectivity index (χ3n) is 3.56. The Hall–Kier alpha value is -2.33. The average molecular weight is 313 g/mol. The minimum atomic E-state index is 0.0185. The lowest BCUT2D eigenvalue weighted by Crippen LogP contribution is -2.24. The molecule has 0 aliphatic heterocycles. The molecule has 1 amide bonds. The number of ether oxygens (including phenoxy) is 2.